The summed E-state index contributed by atoms with van der Waals surface area (Å²) in [6.45, 7) is 0.331. The lowest BCUT2D eigenvalue weighted by molar-refractivity contribution is -0.116. The van der Waals surface area contributed by atoms with Gasteiger partial charge in [0, 0.05) is 24.2 Å². The van der Waals surface area contributed by atoms with Crippen LogP contribution in [0.5, 0.6) is 0 Å². The molecule has 0 unspecified atom stereocenters. The second kappa shape index (κ2) is 6.29. The van der Waals surface area contributed by atoms with Gasteiger partial charge in [0.1, 0.15) is 5.82 Å². The topological polar surface area (TPSA) is 46.4 Å². The quantitative estimate of drug-likeness (QED) is 0.741. The molecule has 4 nitrogen and oxygen atoms in total. The number of nitrogens with zero attached hydrogens (tertiary/aromatic N) is 2. The Hall–Kier alpha value is -2.18. The van der Waals surface area contributed by atoms with Crippen LogP contribution >= 0.6 is 22.9 Å². The summed E-state index contributed by atoms with van der Waals surface area (Å²) < 4.78 is 14.6. The Bertz CT molecular complexity index is 838. The van der Waals surface area contributed by atoms with Gasteiger partial charge in [-0.1, -0.05) is 23.7 Å². The Morgan fingerprint density at radius 2 is 2.18 bits per heavy atom. The summed E-state index contributed by atoms with van der Waals surface area (Å²) in [4.78, 5) is 16.8. The van der Waals surface area contributed by atoms with E-state index in [9.17, 15) is 9.18 Å². The van der Waals surface area contributed by atoms with Crippen LogP contribution in [-0.2, 0) is 11.3 Å². The molecule has 0 radical (unpaired) electrons. The van der Waals surface area contributed by atoms with Crippen molar-refractivity contribution in [2.45, 2.75) is 6.54 Å². The number of thiazole rings is 1. The molecule has 0 aliphatic carbocycles. The number of benzene rings is 1. The zero-order valence-corrected chi connectivity index (χ0v) is 12.9. The van der Waals surface area contributed by atoms with Crippen molar-refractivity contribution in [3.8, 4) is 0 Å². The molecule has 1 amide bonds. The maximum atomic E-state index is 12.8. The lowest BCUT2D eigenvalue weighted by atomic mass is 10.2. The molecule has 112 valence electrons. The van der Waals surface area contributed by atoms with Crippen LogP contribution in [0.15, 0.2) is 41.9 Å². The molecule has 2 aromatic heterocycles. The number of hydrogen-bond donors (Lipinski definition) is 1. The van der Waals surface area contributed by atoms with Gasteiger partial charge in [0.2, 0.25) is 5.91 Å². The Balaban J connectivity index is 1.65. The molecule has 0 atom stereocenters. The third kappa shape index (κ3) is 3.18. The largest absolute Gasteiger partial charge is 0.348 e. The van der Waals surface area contributed by atoms with Crippen LogP contribution in [0.4, 0.5) is 4.39 Å². The highest BCUT2D eigenvalue weighted by Crippen LogP contribution is 2.22. The summed E-state index contributed by atoms with van der Waals surface area (Å²) in [7, 11) is 0. The molecule has 0 aliphatic rings. The van der Waals surface area contributed by atoms with Crippen LogP contribution in [-0.4, -0.2) is 15.3 Å². The summed E-state index contributed by atoms with van der Waals surface area (Å²) in [5, 5.41) is 4.97. The fourth-order valence-corrected chi connectivity index (χ4v) is 2.94. The first-order valence-electron chi connectivity index (χ1n) is 6.45. The van der Waals surface area contributed by atoms with Gasteiger partial charge < -0.3 is 5.32 Å². The van der Waals surface area contributed by atoms with Crippen molar-refractivity contribution in [3.05, 3.63) is 64.1 Å². The van der Waals surface area contributed by atoms with Crippen LogP contribution in [0, 0.1) is 5.82 Å². The van der Waals surface area contributed by atoms with Crippen molar-refractivity contribution < 1.29 is 9.18 Å². The Kier molecular flexibility index (Phi) is 4.22. The molecule has 0 aliphatic heterocycles. The Morgan fingerprint density at radius 1 is 1.41 bits per heavy atom. The van der Waals surface area contributed by atoms with Gasteiger partial charge in [-0.3, -0.25) is 9.20 Å². The van der Waals surface area contributed by atoms with E-state index in [2.05, 4.69) is 10.3 Å². The Morgan fingerprint density at radius 3 is 2.95 bits per heavy atom. The minimum atomic E-state index is -0.301. The molecule has 2 heterocycles. The second-order valence-electron chi connectivity index (χ2n) is 4.52. The fraction of sp³-hybridized carbons (Fsp3) is 0.0667. The summed E-state index contributed by atoms with van der Waals surface area (Å²) >= 11 is 7.50. The van der Waals surface area contributed by atoms with E-state index < -0.39 is 0 Å². The Labute approximate surface area is 134 Å². The van der Waals surface area contributed by atoms with E-state index in [0.29, 0.717) is 17.4 Å². The lowest BCUT2D eigenvalue weighted by Crippen LogP contribution is -2.20. The van der Waals surface area contributed by atoms with E-state index in [1.54, 1.807) is 18.2 Å². The molecule has 3 rings (SSSR count). The molecule has 7 heteroatoms. The summed E-state index contributed by atoms with van der Waals surface area (Å²) in [6.07, 6.45) is 4.86. The molecule has 0 saturated carbocycles. The average molecular weight is 336 g/mol. The number of nitrogens with one attached hydrogen (secondary N) is 1. The van der Waals surface area contributed by atoms with Crippen LogP contribution < -0.4 is 5.32 Å². The van der Waals surface area contributed by atoms with Gasteiger partial charge in [-0.25, -0.2) is 9.37 Å². The van der Waals surface area contributed by atoms with Gasteiger partial charge in [0.05, 0.1) is 5.69 Å². The van der Waals surface area contributed by atoms with Crippen LogP contribution in [0.25, 0.3) is 11.0 Å². The van der Waals surface area contributed by atoms with E-state index in [0.717, 1.165) is 10.5 Å². The van der Waals surface area contributed by atoms with E-state index in [1.165, 1.54) is 29.5 Å². The molecule has 0 bridgehead atoms. The molecule has 3 aromatic rings. The molecule has 0 spiro atoms. The number of imidazole rings is 1. The van der Waals surface area contributed by atoms with Crippen molar-refractivity contribution in [1.82, 2.24) is 14.7 Å². The van der Waals surface area contributed by atoms with Crippen molar-refractivity contribution in [2.24, 2.45) is 0 Å². The van der Waals surface area contributed by atoms with Gasteiger partial charge in [0.15, 0.2) is 10.1 Å². The van der Waals surface area contributed by atoms with E-state index >= 15 is 0 Å². The first kappa shape index (κ1) is 14.7. The van der Waals surface area contributed by atoms with Crippen molar-refractivity contribution >= 4 is 39.9 Å². The predicted molar refractivity (Wildman–Crippen MR) is 85.4 cm³/mol. The van der Waals surface area contributed by atoms with Crippen LogP contribution in [0.3, 0.4) is 0 Å². The molecule has 0 saturated heterocycles. The maximum absolute atomic E-state index is 12.8. The predicted octanol–water partition coefficient (Wildman–Crippen LogP) is 3.52. The molecule has 0 fully saturated rings. The minimum absolute atomic E-state index is 0.259. The number of aromatic nitrogens is 2. The maximum Gasteiger partial charge on any atom is 0.244 e. The van der Waals surface area contributed by atoms with Crippen molar-refractivity contribution in [1.29, 1.82) is 0 Å². The van der Waals surface area contributed by atoms with E-state index in [1.807, 2.05) is 16.0 Å². The third-order valence-electron chi connectivity index (χ3n) is 3.03. The van der Waals surface area contributed by atoms with E-state index in [4.69, 9.17) is 11.6 Å². The number of carbonyl (C=O) groups excluding carboxylic acids is 1. The normalized spacial score (nSPS) is 11.4. The number of carbonyl (C=O) groups is 1. The smallest absolute Gasteiger partial charge is 0.244 e. The SMILES string of the molecule is O=C(/C=C/c1c(Cl)nc2sccn12)NCc1ccc(F)cc1. The van der Waals surface area contributed by atoms with Crippen molar-refractivity contribution in [3.63, 3.8) is 0 Å². The van der Waals surface area contributed by atoms with Gasteiger partial charge in [-0.15, -0.1) is 11.3 Å². The first-order valence-corrected chi connectivity index (χ1v) is 7.70. The third-order valence-corrected chi connectivity index (χ3v) is 4.06. The number of halogens is 2. The highest BCUT2D eigenvalue weighted by Gasteiger charge is 2.08. The van der Waals surface area contributed by atoms with Crippen LogP contribution in [0.2, 0.25) is 5.15 Å². The molecule has 1 aromatic carbocycles. The highest BCUT2D eigenvalue weighted by atomic mass is 35.5. The summed E-state index contributed by atoms with van der Waals surface area (Å²) in [5.74, 6) is -0.560. The van der Waals surface area contributed by atoms with Gasteiger partial charge in [0.25, 0.3) is 0 Å². The summed E-state index contributed by atoms with van der Waals surface area (Å²) in [6, 6.07) is 5.97. The van der Waals surface area contributed by atoms with Gasteiger partial charge in [-0.2, -0.15) is 0 Å². The number of amides is 1. The lowest BCUT2D eigenvalue weighted by Gasteiger charge is -2.02. The van der Waals surface area contributed by atoms with Crippen molar-refractivity contribution in [2.75, 3.05) is 0 Å². The minimum Gasteiger partial charge on any atom is -0.348 e. The molecular formula is C15H11ClFN3OS. The first-order chi connectivity index (χ1) is 10.6. The monoisotopic (exact) mass is 335 g/mol. The zero-order valence-electron chi connectivity index (χ0n) is 11.3. The molecule has 1 N–H and O–H groups in total. The van der Waals surface area contributed by atoms with Gasteiger partial charge in [-0.05, 0) is 23.8 Å². The zero-order chi connectivity index (χ0) is 15.5. The summed E-state index contributed by atoms with van der Waals surface area (Å²) in [5.41, 5.74) is 1.49. The average Bonchev–Trinajstić information content (AvgIpc) is 3.05. The molecule has 22 heavy (non-hydrogen) atoms. The fourth-order valence-electron chi connectivity index (χ4n) is 1.93. The number of fused-ring (bicyclic) bond motifs is 1. The highest BCUT2D eigenvalue weighted by molar-refractivity contribution is 7.15. The standard InChI is InChI=1S/C15H11ClFN3OS/c16-14-12(20-7-8-22-15(20)19-14)5-6-13(21)18-9-10-1-3-11(17)4-2-10/h1-8H,9H2,(H,18,21)/b6-5+. The second-order valence-corrected chi connectivity index (χ2v) is 5.75. The number of hydrogen-bond acceptors (Lipinski definition) is 3. The van der Waals surface area contributed by atoms with E-state index in [-0.39, 0.29) is 11.7 Å². The van der Waals surface area contributed by atoms with Gasteiger partial charge >= 0.3 is 0 Å². The molecular weight excluding hydrogens is 325 g/mol. The number of rotatable bonds is 4. The van der Waals surface area contributed by atoms with Crippen LogP contribution in [0.1, 0.15) is 11.3 Å².